The third kappa shape index (κ3) is 9.03. The molecule has 0 radical (unpaired) electrons. The van der Waals surface area contributed by atoms with Crippen LogP contribution in [-0.2, 0) is 9.68 Å². The molecule has 2 aliphatic carbocycles. The minimum Gasteiger partial charge on any atom is -0.319 e. The zero-order chi connectivity index (χ0) is 32.4. The molecule has 5 rings (SSSR count). The Kier molecular flexibility index (Phi) is 10.5. The number of allylic oxidation sites excluding steroid dienone is 4. The molecule has 0 bridgehead atoms. The lowest BCUT2D eigenvalue weighted by molar-refractivity contribution is 0.0630. The van der Waals surface area contributed by atoms with Gasteiger partial charge in [-0.3, -0.25) is 9.68 Å². The summed E-state index contributed by atoms with van der Waals surface area (Å²) in [6.45, 7) is 6.83. The first-order valence-electron chi connectivity index (χ1n) is 15.8. The summed E-state index contributed by atoms with van der Waals surface area (Å²) in [6, 6.07) is 28.8. The van der Waals surface area contributed by atoms with Gasteiger partial charge in [-0.1, -0.05) is 140 Å². The maximum atomic E-state index is 13.0. The van der Waals surface area contributed by atoms with Gasteiger partial charge in [-0.05, 0) is 48.5 Å². The van der Waals surface area contributed by atoms with E-state index in [2.05, 4.69) is 53.9 Å². The van der Waals surface area contributed by atoms with Crippen LogP contribution in [0.25, 0.3) is 0 Å². The molecular formula is C38H42N4O4. The maximum absolute atomic E-state index is 13.0. The van der Waals surface area contributed by atoms with Crippen molar-refractivity contribution in [3.63, 3.8) is 0 Å². The van der Waals surface area contributed by atoms with E-state index in [-0.39, 0.29) is 16.9 Å². The molecule has 238 valence electrons. The fourth-order valence-corrected chi connectivity index (χ4v) is 6.68. The summed E-state index contributed by atoms with van der Waals surface area (Å²) >= 11 is 0. The van der Waals surface area contributed by atoms with Crippen molar-refractivity contribution in [1.29, 1.82) is 0 Å². The van der Waals surface area contributed by atoms with Gasteiger partial charge in [0.1, 0.15) is 11.4 Å². The monoisotopic (exact) mass is 618 g/mol. The fourth-order valence-electron chi connectivity index (χ4n) is 6.68. The second kappa shape index (κ2) is 14.9. The number of oxime groups is 2. The zero-order valence-corrected chi connectivity index (χ0v) is 26.7. The number of carbonyl (C=O) groups is 2. The Morgan fingerprint density at radius 3 is 1.85 bits per heavy atom. The van der Waals surface area contributed by atoms with Gasteiger partial charge in [0, 0.05) is 29.3 Å². The lowest BCUT2D eigenvalue weighted by Gasteiger charge is -2.46. The van der Waals surface area contributed by atoms with Gasteiger partial charge in [-0.2, -0.15) is 0 Å². The predicted molar refractivity (Wildman–Crippen MR) is 182 cm³/mol. The largest absolute Gasteiger partial charge is 0.433 e. The van der Waals surface area contributed by atoms with E-state index in [1.807, 2.05) is 97.1 Å². The van der Waals surface area contributed by atoms with Crippen molar-refractivity contribution in [2.75, 3.05) is 6.54 Å². The topological polar surface area (TPSA) is 101 Å². The Bertz CT molecular complexity index is 1570. The number of benzene rings is 3. The third-order valence-electron chi connectivity index (χ3n) is 8.27. The summed E-state index contributed by atoms with van der Waals surface area (Å²) in [4.78, 5) is 36.7. The predicted octanol–water partition coefficient (Wildman–Crippen LogP) is 8.16. The van der Waals surface area contributed by atoms with Crippen LogP contribution in [0.15, 0.2) is 125 Å². The summed E-state index contributed by atoms with van der Waals surface area (Å²) < 4.78 is 0. The van der Waals surface area contributed by atoms with Gasteiger partial charge >= 0.3 is 12.2 Å². The Hall–Kier alpha value is -4.98. The zero-order valence-electron chi connectivity index (χ0n) is 26.7. The molecule has 0 spiro atoms. The molecule has 0 saturated heterocycles. The van der Waals surface area contributed by atoms with Crippen molar-refractivity contribution in [3.05, 3.63) is 131 Å². The molecule has 3 aromatic carbocycles. The van der Waals surface area contributed by atoms with E-state index >= 15 is 0 Å². The van der Waals surface area contributed by atoms with Crippen molar-refractivity contribution in [2.45, 2.75) is 58.9 Å². The highest BCUT2D eigenvalue weighted by Gasteiger charge is 2.42. The molecule has 2 aliphatic rings. The normalized spacial score (nSPS) is 20.5. The Morgan fingerprint density at radius 2 is 1.28 bits per heavy atom. The maximum Gasteiger partial charge on any atom is 0.433 e. The average Bonchev–Trinajstić information content (AvgIpc) is 3.05. The van der Waals surface area contributed by atoms with Crippen LogP contribution in [0.3, 0.4) is 0 Å². The highest BCUT2D eigenvalue weighted by Crippen LogP contribution is 2.45. The number of carbonyl (C=O) groups excluding carboxylic acids is 2. The first kappa shape index (κ1) is 32.4. The molecule has 0 heterocycles. The number of amides is 2. The molecule has 2 atom stereocenters. The summed E-state index contributed by atoms with van der Waals surface area (Å²) in [5, 5.41) is 14.5. The molecule has 46 heavy (non-hydrogen) atoms. The van der Waals surface area contributed by atoms with E-state index in [0.717, 1.165) is 47.9 Å². The molecule has 8 heteroatoms. The van der Waals surface area contributed by atoms with Gasteiger partial charge in [0.25, 0.3) is 0 Å². The highest BCUT2D eigenvalue weighted by molar-refractivity contribution is 6.14. The number of hydrogen-bond acceptors (Lipinski definition) is 6. The van der Waals surface area contributed by atoms with Crippen LogP contribution in [0.2, 0.25) is 0 Å². The fraction of sp³-hybridized carbons (Fsp3) is 0.316. The smallest absolute Gasteiger partial charge is 0.319 e. The molecular weight excluding hydrogens is 576 g/mol. The Balaban J connectivity index is 1.21. The number of hydrogen-bond donors (Lipinski definition) is 2. The van der Waals surface area contributed by atoms with Crippen molar-refractivity contribution >= 4 is 23.6 Å². The van der Waals surface area contributed by atoms with Crippen molar-refractivity contribution in [2.24, 2.45) is 21.1 Å². The van der Waals surface area contributed by atoms with E-state index in [1.165, 1.54) is 0 Å². The van der Waals surface area contributed by atoms with E-state index in [1.54, 1.807) is 0 Å². The minimum atomic E-state index is -0.619. The second-order valence-corrected chi connectivity index (χ2v) is 13.1. The molecule has 1 fully saturated rings. The van der Waals surface area contributed by atoms with Gasteiger partial charge < -0.3 is 10.6 Å². The van der Waals surface area contributed by atoms with Gasteiger partial charge in [0.15, 0.2) is 0 Å². The number of nitrogens with zero attached hydrogens (tertiary/aromatic N) is 2. The molecule has 2 N–H and O–H groups in total. The van der Waals surface area contributed by atoms with E-state index in [4.69, 9.17) is 9.68 Å². The standard InChI is InChI=1S/C38H42N4O4/c1-37(2)24-32(40-36(44)46-42-34(30-20-12-6-13-21-30)31-22-14-7-15-23-31)25-38(3,26-37)27-39-35(43)45-41-33(28-16-8-4-9-17-28)29-18-10-5-11-19-29/h4,6-10,12-23,32H,5,11,24-27H2,1-3H3,(H,39,43)(H,40,44)/b41-33+. The molecule has 1 saturated carbocycles. The Morgan fingerprint density at radius 1 is 0.739 bits per heavy atom. The van der Waals surface area contributed by atoms with Gasteiger partial charge in [0.05, 0.1) is 0 Å². The molecule has 2 unspecified atom stereocenters. The van der Waals surface area contributed by atoms with E-state index in [0.29, 0.717) is 24.4 Å². The van der Waals surface area contributed by atoms with Crippen LogP contribution >= 0.6 is 0 Å². The van der Waals surface area contributed by atoms with E-state index < -0.39 is 12.2 Å². The summed E-state index contributed by atoms with van der Waals surface area (Å²) in [5.74, 6) is 0. The summed E-state index contributed by atoms with van der Waals surface area (Å²) in [5.41, 5.74) is 4.29. The number of rotatable bonds is 9. The SMILES string of the molecule is CC1(C)CC(NC(=O)ON=C(c2ccccc2)c2ccccc2)CC(C)(CNC(=O)O/N=C(/C2=CCCC=C2)c2ccccc2)C1. The summed E-state index contributed by atoms with van der Waals surface area (Å²) in [7, 11) is 0. The lowest BCUT2D eigenvalue weighted by Crippen LogP contribution is -2.50. The number of nitrogens with one attached hydrogen (secondary N) is 2. The minimum absolute atomic E-state index is 0.0859. The van der Waals surface area contributed by atoms with Crippen LogP contribution in [0.4, 0.5) is 9.59 Å². The lowest BCUT2D eigenvalue weighted by atomic mass is 9.62. The van der Waals surface area contributed by atoms with Crippen LogP contribution in [-0.4, -0.2) is 36.2 Å². The Labute approximate surface area is 271 Å². The molecule has 8 nitrogen and oxygen atoms in total. The first-order chi connectivity index (χ1) is 22.2. The van der Waals surface area contributed by atoms with Crippen LogP contribution in [0, 0.1) is 10.8 Å². The van der Waals surface area contributed by atoms with E-state index in [9.17, 15) is 9.59 Å². The van der Waals surface area contributed by atoms with Gasteiger partial charge in [0.2, 0.25) is 0 Å². The quantitative estimate of drug-likeness (QED) is 0.144. The molecule has 3 aromatic rings. The summed E-state index contributed by atoms with van der Waals surface area (Å²) in [6.07, 6.45) is 9.13. The van der Waals surface area contributed by atoms with Gasteiger partial charge in [-0.25, -0.2) is 9.59 Å². The van der Waals surface area contributed by atoms with Crippen LogP contribution in [0.5, 0.6) is 0 Å². The highest BCUT2D eigenvalue weighted by atomic mass is 16.7. The first-order valence-corrected chi connectivity index (χ1v) is 15.8. The van der Waals surface area contributed by atoms with Crippen molar-refractivity contribution in [3.8, 4) is 0 Å². The molecule has 0 aromatic heterocycles. The van der Waals surface area contributed by atoms with Crippen molar-refractivity contribution < 1.29 is 19.3 Å². The van der Waals surface area contributed by atoms with Crippen molar-refractivity contribution in [1.82, 2.24) is 10.6 Å². The second-order valence-electron chi connectivity index (χ2n) is 13.1. The molecule has 2 amide bonds. The van der Waals surface area contributed by atoms with Gasteiger partial charge in [-0.15, -0.1) is 0 Å². The van der Waals surface area contributed by atoms with Crippen LogP contribution < -0.4 is 10.6 Å². The van der Waals surface area contributed by atoms with Crippen LogP contribution in [0.1, 0.15) is 69.6 Å². The third-order valence-corrected chi connectivity index (χ3v) is 8.27. The average molecular weight is 619 g/mol. The molecule has 0 aliphatic heterocycles.